The highest BCUT2D eigenvalue weighted by molar-refractivity contribution is 9.10. The fourth-order valence-electron chi connectivity index (χ4n) is 2.36. The van der Waals surface area contributed by atoms with Gasteiger partial charge in [-0.2, -0.15) is 10.2 Å². The first kappa shape index (κ1) is 16.4. The molecule has 0 unspecified atom stereocenters. The lowest BCUT2D eigenvalue weighted by Crippen LogP contribution is -2.15. The van der Waals surface area contributed by atoms with E-state index in [9.17, 15) is 4.79 Å². The molecule has 124 valence electrons. The topological polar surface area (TPSA) is 64.7 Å². The maximum Gasteiger partial charge on any atom is 0.227 e. The maximum absolute atomic E-state index is 12.0. The SMILES string of the molecule is Cc1ccccc1Cn1ccc(NC(=O)CCn2cc(Br)cn2)n1. The van der Waals surface area contributed by atoms with Gasteiger partial charge in [-0.1, -0.05) is 24.3 Å². The number of carbonyl (C=O) groups is 1. The first-order valence-corrected chi connectivity index (χ1v) is 8.45. The van der Waals surface area contributed by atoms with Crippen LogP contribution in [-0.2, 0) is 17.9 Å². The first-order chi connectivity index (χ1) is 11.6. The highest BCUT2D eigenvalue weighted by Gasteiger charge is 2.07. The molecule has 0 aliphatic heterocycles. The van der Waals surface area contributed by atoms with Crippen LogP contribution in [-0.4, -0.2) is 25.5 Å². The molecule has 24 heavy (non-hydrogen) atoms. The molecule has 2 aromatic heterocycles. The van der Waals surface area contributed by atoms with Gasteiger partial charge in [-0.15, -0.1) is 0 Å². The summed E-state index contributed by atoms with van der Waals surface area (Å²) in [7, 11) is 0. The van der Waals surface area contributed by atoms with Crippen molar-refractivity contribution in [3.8, 4) is 0 Å². The number of carbonyl (C=O) groups excluding carboxylic acids is 1. The van der Waals surface area contributed by atoms with Gasteiger partial charge in [0, 0.05) is 31.4 Å². The van der Waals surface area contributed by atoms with E-state index >= 15 is 0 Å². The molecule has 7 heteroatoms. The molecule has 3 aromatic rings. The molecule has 1 N–H and O–H groups in total. The van der Waals surface area contributed by atoms with Crippen molar-refractivity contribution in [2.75, 3.05) is 5.32 Å². The largest absolute Gasteiger partial charge is 0.309 e. The molecular formula is C17H18BrN5O. The van der Waals surface area contributed by atoms with E-state index in [1.54, 1.807) is 16.9 Å². The summed E-state index contributed by atoms with van der Waals surface area (Å²) in [6.07, 6.45) is 5.75. The number of hydrogen-bond donors (Lipinski definition) is 1. The van der Waals surface area contributed by atoms with Crippen LogP contribution in [0.3, 0.4) is 0 Å². The zero-order valence-corrected chi connectivity index (χ0v) is 14.9. The highest BCUT2D eigenvalue weighted by atomic mass is 79.9. The summed E-state index contributed by atoms with van der Waals surface area (Å²) in [6.45, 7) is 3.29. The molecule has 0 aliphatic rings. The van der Waals surface area contributed by atoms with E-state index in [4.69, 9.17) is 0 Å². The Morgan fingerprint density at radius 3 is 2.83 bits per heavy atom. The Morgan fingerprint density at radius 1 is 1.25 bits per heavy atom. The summed E-state index contributed by atoms with van der Waals surface area (Å²) < 4.78 is 4.45. The third-order valence-corrected chi connectivity index (χ3v) is 4.08. The fourth-order valence-corrected chi connectivity index (χ4v) is 2.69. The van der Waals surface area contributed by atoms with Crippen LogP contribution in [0.15, 0.2) is 53.4 Å². The fraction of sp³-hybridized carbons (Fsp3) is 0.235. The normalized spacial score (nSPS) is 10.8. The van der Waals surface area contributed by atoms with Crippen molar-refractivity contribution in [1.29, 1.82) is 0 Å². The first-order valence-electron chi connectivity index (χ1n) is 7.66. The van der Waals surface area contributed by atoms with Crippen LogP contribution in [0.1, 0.15) is 17.5 Å². The summed E-state index contributed by atoms with van der Waals surface area (Å²) in [5.74, 6) is 0.484. The monoisotopic (exact) mass is 387 g/mol. The molecule has 1 amide bonds. The average molecular weight is 388 g/mol. The van der Waals surface area contributed by atoms with Gasteiger partial charge in [0.25, 0.3) is 0 Å². The molecule has 1 aromatic carbocycles. The number of benzene rings is 1. The van der Waals surface area contributed by atoms with E-state index in [2.05, 4.69) is 50.5 Å². The third-order valence-electron chi connectivity index (χ3n) is 3.67. The van der Waals surface area contributed by atoms with Crippen LogP contribution in [0, 0.1) is 6.92 Å². The Hall–Kier alpha value is -2.41. The van der Waals surface area contributed by atoms with Gasteiger partial charge in [0.15, 0.2) is 5.82 Å². The summed E-state index contributed by atoms with van der Waals surface area (Å²) in [6, 6.07) is 10.0. The lowest BCUT2D eigenvalue weighted by atomic mass is 10.1. The second-order valence-corrected chi connectivity index (χ2v) is 6.46. The predicted molar refractivity (Wildman–Crippen MR) is 95.7 cm³/mol. The number of amides is 1. The van der Waals surface area contributed by atoms with Crippen LogP contribution in [0.2, 0.25) is 0 Å². The second-order valence-electron chi connectivity index (χ2n) is 5.54. The van der Waals surface area contributed by atoms with Crippen molar-refractivity contribution in [3.63, 3.8) is 0 Å². The number of anilines is 1. The average Bonchev–Trinajstić information content (AvgIpc) is 3.17. The van der Waals surface area contributed by atoms with Gasteiger partial charge in [-0.05, 0) is 34.0 Å². The number of rotatable bonds is 6. The van der Waals surface area contributed by atoms with Gasteiger partial charge in [0.1, 0.15) is 0 Å². The minimum Gasteiger partial charge on any atom is -0.309 e. The maximum atomic E-state index is 12.0. The molecule has 0 fully saturated rings. The van der Waals surface area contributed by atoms with E-state index in [1.165, 1.54) is 11.1 Å². The van der Waals surface area contributed by atoms with Crippen LogP contribution in [0.5, 0.6) is 0 Å². The van der Waals surface area contributed by atoms with Crippen molar-refractivity contribution in [1.82, 2.24) is 19.6 Å². The number of aromatic nitrogens is 4. The predicted octanol–water partition coefficient (Wildman–Crippen LogP) is 3.23. The van der Waals surface area contributed by atoms with Crippen LogP contribution in [0.25, 0.3) is 0 Å². The van der Waals surface area contributed by atoms with Gasteiger partial charge >= 0.3 is 0 Å². The van der Waals surface area contributed by atoms with Crippen molar-refractivity contribution in [2.24, 2.45) is 0 Å². The van der Waals surface area contributed by atoms with Crippen LogP contribution in [0.4, 0.5) is 5.82 Å². The second kappa shape index (κ2) is 7.44. The molecule has 0 saturated heterocycles. The lowest BCUT2D eigenvalue weighted by molar-refractivity contribution is -0.116. The molecular weight excluding hydrogens is 370 g/mol. The van der Waals surface area contributed by atoms with E-state index < -0.39 is 0 Å². The number of hydrogen-bond acceptors (Lipinski definition) is 3. The van der Waals surface area contributed by atoms with Gasteiger partial charge in [-0.25, -0.2) is 0 Å². The van der Waals surface area contributed by atoms with Crippen molar-refractivity contribution in [3.05, 3.63) is 64.5 Å². The number of nitrogens with zero attached hydrogens (tertiary/aromatic N) is 4. The Balaban J connectivity index is 1.53. The van der Waals surface area contributed by atoms with E-state index in [-0.39, 0.29) is 5.91 Å². The molecule has 2 heterocycles. The zero-order chi connectivity index (χ0) is 16.9. The number of aryl methyl sites for hydroxylation is 2. The Kier molecular flexibility index (Phi) is 5.10. The number of nitrogens with one attached hydrogen (secondary N) is 1. The molecule has 6 nitrogen and oxygen atoms in total. The smallest absolute Gasteiger partial charge is 0.227 e. The molecule has 0 bridgehead atoms. The van der Waals surface area contributed by atoms with E-state index in [0.29, 0.717) is 25.3 Å². The number of halogens is 1. The van der Waals surface area contributed by atoms with Gasteiger partial charge in [0.05, 0.1) is 17.2 Å². The summed E-state index contributed by atoms with van der Waals surface area (Å²) in [5, 5.41) is 11.3. The van der Waals surface area contributed by atoms with Crippen molar-refractivity contribution in [2.45, 2.75) is 26.4 Å². The third kappa shape index (κ3) is 4.32. The van der Waals surface area contributed by atoms with Crippen LogP contribution >= 0.6 is 15.9 Å². The van der Waals surface area contributed by atoms with E-state index in [1.807, 2.05) is 29.2 Å². The minimum atomic E-state index is -0.0808. The summed E-state index contributed by atoms with van der Waals surface area (Å²) >= 11 is 3.33. The standard InChI is InChI=1S/C17H18BrN5O/c1-13-4-2-3-5-14(13)11-23-8-6-16(21-23)20-17(24)7-9-22-12-15(18)10-19-22/h2-6,8,10,12H,7,9,11H2,1H3,(H,20,21,24). The quantitative estimate of drug-likeness (QED) is 0.705. The summed E-state index contributed by atoms with van der Waals surface area (Å²) in [5.41, 5.74) is 2.44. The summed E-state index contributed by atoms with van der Waals surface area (Å²) in [4.78, 5) is 12.0. The highest BCUT2D eigenvalue weighted by Crippen LogP contribution is 2.11. The molecule has 0 saturated carbocycles. The van der Waals surface area contributed by atoms with Gasteiger partial charge in [-0.3, -0.25) is 14.2 Å². The lowest BCUT2D eigenvalue weighted by Gasteiger charge is -2.06. The minimum absolute atomic E-state index is 0.0808. The molecule has 3 rings (SSSR count). The molecule has 0 spiro atoms. The Labute approximate surface area is 148 Å². The molecule has 0 atom stereocenters. The zero-order valence-electron chi connectivity index (χ0n) is 13.3. The van der Waals surface area contributed by atoms with E-state index in [0.717, 1.165) is 4.47 Å². The molecule has 0 aliphatic carbocycles. The Morgan fingerprint density at radius 2 is 2.08 bits per heavy atom. The van der Waals surface area contributed by atoms with Crippen LogP contribution < -0.4 is 5.32 Å². The van der Waals surface area contributed by atoms with Crippen molar-refractivity contribution < 1.29 is 4.79 Å². The van der Waals surface area contributed by atoms with Gasteiger partial charge in [0.2, 0.25) is 5.91 Å². The molecule has 0 radical (unpaired) electrons. The Bertz CT molecular complexity index is 839. The van der Waals surface area contributed by atoms with Gasteiger partial charge < -0.3 is 5.32 Å². The van der Waals surface area contributed by atoms with Crippen molar-refractivity contribution >= 4 is 27.7 Å².